The Labute approximate surface area is 139 Å². The number of nitrogens with zero attached hydrogens (tertiary/aromatic N) is 1. The van der Waals surface area contributed by atoms with Crippen molar-refractivity contribution in [1.29, 1.82) is 0 Å². The predicted octanol–water partition coefficient (Wildman–Crippen LogP) is 2.17. The number of esters is 2. The van der Waals surface area contributed by atoms with Crippen LogP contribution in [0.4, 0.5) is 0 Å². The van der Waals surface area contributed by atoms with Crippen LogP contribution < -0.4 is 5.56 Å². The van der Waals surface area contributed by atoms with E-state index in [1.54, 1.807) is 19.9 Å². The van der Waals surface area contributed by atoms with Crippen LogP contribution in [0.1, 0.15) is 47.4 Å². The summed E-state index contributed by atoms with van der Waals surface area (Å²) in [5.41, 5.74) is 1.61. The third-order valence-electron chi connectivity index (χ3n) is 3.66. The van der Waals surface area contributed by atoms with Crippen LogP contribution in [0.2, 0.25) is 0 Å². The molecule has 0 bridgehead atoms. The van der Waals surface area contributed by atoms with Crippen LogP contribution >= 0.6 is 0 Å². The van der Waals surface area contributed by atoms with Gasteiger partial charge < -0.3 is 9.47 Å². The number of rotatable bonds is 5. The van der Waals surface area contributed by atoms with E-state index in [0.29, 0.717) is 46.2 Å². The van der Waals surface area contributed by atoms with Crippen LogP contribution in [0, 0.1) is 13.8 Å². The molecule has 128 valence electrons. The first-order valence-corrected chi connectivity index (χ1v) is 7.68. The molecule has 7 heteroatoms. The highest BCUT2D eigenvalue weighted by atomic mass is 16.5. The molecular formula is C17H20N2O5. The zero-order valence-electron chi connectivity index (χ0n) is 14.2. The van der Waals surface area contributed by atoms with E-state index in [4.69, 9.17) is 9.47 Å². The van der Waals surface area contributed by atoms with Gasteiger partial charge >= 0.3 is 11.9 Å². The number of ether oxygens (including phenoxy) is 2. The Kier molecular flexibility index (Phi) is 5.33. The van der Waals surface area contributed by atoms with Gasteiger partial charge in [0, 0.05) is 12.3 Å². The van der Waals surface area contributed by atoms with Crippen LogP contribution in [0.25, 0.3) is 10.8 Å². The van der Waals surface area contributed by atoms with Gasteiger partial charge in [-0.1, -0.05) is 6.92 Å². The molecule has 1 aromatic heterocycles. The summed E-state index contributed by atoms with van der Waals surface area (Å²) >= 11 is 0. The summed E-state index contributed by atoms with van der Waals surface area (Å²) < 4.78 is 10.2. The van der Waals surface area contributed by atoms with Crippen molar-refractivity contribution in [2.75, 3.05) is 6.61 Å². The van der Waals surface area contributed by atoms with Crippen molar-refractivity contribution in [2.24, 2.45) is 0 Å². The van der Waals surface area contributed by atoms with Crippen molar-refractivity contribution in [3.05, 3.63) is 38.8 Å². The number of hydrogen-bond acceptors (Lipinski definition) is 6. The topological polar surface area (TPSA) is 98.3 Å². The minimum absolute atomic E-state index is 0.0544. The molecule has 7 nitrogen and oxygen atoms in total. The van der Waals surface area contributed by atoms with E-state index in [0.717, 1.165) is 0 Å². The fourth-order valence-electron chi connectivity index (χ4n) is 2.60. The second-order valence-corrected chi connectivity index (χ2v) is 5.53. The SMILES string of the molecule is CCCOC(=O)c1c(C)cc2c(COC(C)=O)n[nH]c(=O)c2c1C. The quantitative estimate of drug-likeness (QED) is 0.843. The molecule has 0 saturated heterocycles. The largest absolute Gasteiger partial charge is 0.462 e. The predicted molar refractivity (Wildman–Crippen MR) is 87.9 cm³/mol. The fraction of sp³-hybridized carbons (Fsp3) is 0.412. The summed E-state index contributed by atoms with van der Waals surface area (Å²) in [5, 5.41) is 7.25. The number of aromatic amines is 1. The van der Waals surface area contributed by atoms with Crippen molar-refractivity contribution in [3.63, 3.8) is 0 Å². The van der Waals surface area contributed by atoms with Crippen LogP contribution in [0.15, 0.2) is 10.9 Å². The van der Waals surface area contributed by atoms with E-state index in [1.807, 2.05) is 6.92 Å². The van der Waals surface area contributed by atoms with E-state index >= 15 is 0 Å². The molecule has 0 aliphatic carbocycles. The second-order valence-electron chi connectivity index (χ2n) is 5.53. The number of carbonyl (C=O) groups excluding carboxylic acids is 2. The smallest absolute Gasteiger partial charge is 0.338 e. The van der Waals surface area contributed by atoms with E-state index in [-0.39, 0.29) is 6.61 Å². The van der Waals surface area contributed by atoms with Crippen molar-refractivity contribution in [2.45, 2.75) is 40.7 Å². The maximum atomic E-state index is 12.3. The lowest BCUT2D eigenvalue weighted by molar-refractivity contribution is -0.142. The lowest BCUT2D eigenvalue weighted by Gasteiger charge is -2.13. The van der Waals surface area contributed by atoms with Crippen LogP contribution in [0.3, 0.4) is 0 Å². The molecule has 0 radical (unpaired) electrons. The number of benzene rings is 1. The number of carbonyl (C=O) groups is 2. The van der Waals surface area contributed by atoms with Crippen LogP contribution in [-0.4, -0.2) is 28.7 Å². The number of hydrogen-bond donors (Lipinski definition) is 1. The fourth-order valence-corrected chi connectivity index (χ4v) is 2.60. The third-order valence-corrected chi connectivity index (χ3v) is 3.66. The average molecular weight is 332 g/mol. The Balaban J connectivity index is 2.62. The molecule has 0 spiro atoms. The Morgan fingerprint density at radius 2 is 1.96 bits per heavy atom. The monoisotopic (exact) mass is 332 g/mol. The molecule has 1 N–H and O–H groups in total. The lowest BCUT2D eigenvalue weighted by Crippen LogP contribution is -2.17. The number of aryl methyl sites for hydroxylation is 2. The van der Waals surface area contributed by atoms with Gasteiger partial charge in [0.1, 0.15) is 12.3 Å². The Morgan fingerprint density at radius 1 is 1.25 bits per heavy atom. The van der Waals surface area contributed by atoms with Crippen LogP contribution in [-0.2, 0) is 20.9 Å². The van der Waals surface area contributed by atoms with E-state index in [9.17, 15) is 14.4 Å². The van der Waals surface area contributed by atoms with Crippen molar-refractivity contribution in [3.8, 4) is 0 Å². The normalized spacial score (nSPS) is 10.7. The zero-order chi connectivity index (χ0) is 17.9. The van der Waals surface area contributed by atoms with Gasteiger partial charge in [0.15, 0.2) is 0 Å². The lowest BCUT2D eigenvalue weighted by atomic mass is 9.96. The van der Waals surface area contributed by atoms with Gasteiger partial charge in [-0.2, -0.15) is 5.10 Å². The molecule has 2 aromatic rings. The van der Waals surface area contributed by atoms with Gasteiger partial charge in [-0.05, 0) is 37.5 Å². The van der Waals surface area contributed by atoms with Gasteiger partial charge in [-0.15, -0.1) is 0 Å². The maximum absolute atomic E-state index is 12.3. The van der Waals surface area contributed by atoms with Crippen molar-refractivity contribution < 1.29 is 19.1 Å². The molecule has 1 aromatic carbocycles. The van der Waals surface area contributed by atoms with Crippen molar-refractivity contribution >= 4 is 22.7 Å². The number of aromatic nitrogens is 2. The minimum atomic E-state index is -0.452. The highest BCUT2D eigenvalue weighted by Crippen LogP contribution is 2.25. The Hall–Kier alpha value is -2.70. The zero-order valence-corrected chi connectivity index (χ0v) is 14.2. The first-order chi connectivity index (χ1) is 11.4. The summed E-state index contributed by atoms with van der Waals surface area (Å²) in [5.74, 6) is -0.893. The third kappa shape index (κ3) is 3.45. The van der Waals surface area contributed by atoms with E-state index < -0.39 is 17.5 Å². The summed E-state index contributed by atoms with van der Waals surface area (Å²) in [6.45, 7) is 6.94. The Bertz CT molecular complexity index is 854. The summed E-state index contributed by atoms with van der Waals surface area (Å²) in [6.07, 6.45) is 0.717. The second kappa shape index (κ2) is 7.25. The maximum Gasteiger partial charge on any atom is 0.338 e. The summed E-state index contributed by atoms with van der Waals surface area (Å²) in [7, 11) is 0. The number of H-pyrrole nitrogens is 1. The van der Waals surface area contributed by atoms with Crippen molar-refractivity contribution in [1.82, 2.24) is 10.2 Å². The molecule has 2 rings (SSSR count). The first-order valence-electron chi connectivity index (χ1n) is 7.68. The minimum Gasteiger partial charge on any atom is -0.462 e. The van der Waals surface area contributed by atoms with Gasteiger partial charge in [0.25, 0.3) is 5.56 Å². The average Bonchev–Trinajstić information content (AvgIpc) is 2.51. The molecule has 0 aliphatic heterocycles. The summed E-state index contributed by atoms with van der Waals surface area (Å²) in [6, 6.07) is 1.70. The highest BCUT2D eigenvalue weighted by molar-refractivity contribution is 6.00. The van der Waals surface area contributed by atoms with Gasteiger partial charge in [0.2, 0.25) is 0 Å². The molecule has 0 fully saturated rings. The molecular weight excluding hydrogens is 312 g/mol. The standard InChI is InChI=1S/C17H20N2O5/c1-5-6-23-17(22)14-9(2)7-12-13(8-24-11(4)20)18-19-16(21)15(12)10(14)3/h7H,5-6,8H2,1-4H3,(H,19,21). The van der Waals surface area contributed by atoms with E-state index in [2.05, 4.69) is 10.2 Å². The highest BCUT2D eigenvalue weighted by Gasteiger charge is 2.20. The molecule has 0 atom stereocenters. The molecule has 0 aliphatic rings. The van der Waals surface area contributed by atoms with Gasteiger partial charge in [-0.25, -0.2) is 9.89 Å². The molecule has 24 heavy (non-hydrogen) atoms. The molecule has 0 amide bonds. The molecule has 0 unspecified atom stereocenters. The van der Waals surface area contributed by atoms with Gasteiger partial charge in [-0.3, -0.25) is 9.59 Å². The number of fused-ring (bicyclic) bond motifs is 1. The molecule has 1 heterocycles. The molecule has 0 saturated carbocycles. The number of nitrogens with one attached hydrogen (secondary N) is 1. The summed E-state index contributed by atoms with van der Waals surface area (Å²) in [4.78, 5) is 35.5. The Morgan fingerprint density at radius 3 is 2.58 bits per heavy atom. The van der Waals surface area contributed by atoms with E-state index in [1.165, 1.54) is 6.92 Å². The van der Waals surface area contributed by atoms with Gasteiger partial charge in [0.05, 0.1) is 17.6 Å². The van der Waals surface area contributed by atoms with Crippen LogP contribution in [0.5, 0.6) is 0 Å². The first kappa shape index (κ1) is 17.7.